The smallest absolute Gasteiger partial charge is 0.123 e. The van der Waals surface area contributed by atoms with Crippen LogP contribution < -0.4 is 0 Å². The molecular weight excluding hydrogens is 167 g/mol. The van der Waals surface area contributed by atoms with E-state index < -0.39 is 0 Å². The van der Waals surface area contributed by atoms with Crippen LogP contribution in [0.1, 0.15) is 24.5 Å². The summed E-state index contributed by atoms with van der Waals surface area (Å²) in [6, 6.07) is 4.67. The first-order valence-electron chi connectivity index (χ1n) is 4.56. The van der Waals surface area contributed by atoms with Gasteiger partial charge in [0.15, 0.2) is 0 Å². The summed E-state index contributed by atoms with van der Waals surface area (Å²) in [5, 5.41) is 9.41. The van der Waals surface area contributed by atoms with Crippen LogP contribution in [0.2, 0.25) is 0 Å². The van der Waals surface area contributed by atoms with E-state index in [4.69, 9.17) is 0 Å². The number of halogens is 1. The van der Waals surface area contributed by atoms with Gasteiger partial charge in [0, 0.05) is 0 Å². The van der Waals surface area contributed by atoms with Gasteiger partial charge in [0.2, 0.25) is 0 Å². The molecule has 0 spiro atoms. The Kier molecular flexibility index (Phi) is 3.43. The first-order chi connectivity index (χ1) is 6.13. The number of rotatable bonds is 3. The van der Waals surface area contributed by atoms with Crippen molar-refractivity contribution in [2.45, 2.75) is 32.8 Å². The third kappa shape index (κ3) is 2.81. The maximum Gasteiger partial charge on any atom is 0.123 e. The number of hydrogen-bond acceptors (Lipinski definition) is 1. The molecule has 72 valence electrons. The van der Waals surface area contributed by atoms with Crippen molar-refractivity contribution in [1.29, 1.82) is 0 Å². The van der Waals surface area contributed by atoms with Gasteiger partial charge in [-0.15, -0.1) is 0 Å². The molecule has 0 amide bonds. The predicted molar refractivity (Wildman–Crippen MR) is 51.1 cm³/mol. The summed E-state index contributed by atoms with van der Waals surface area (Å²) in [4.78, 5) is 0. The van der Waals surface area contributed by atoms with Crippen molar-refractivity contribution in [3.8, 4) is 0 Å². The molecule has 1 aromatic carbocycles. The highest BCUT2D eigenvalue weighted by Gasteiger charge is 2.05. The van der Waals surface area contributed by atoms with E-state index in [0.717, 1.165) is 17.5 Å². The minimum Gasteiger partial charge on any atom is -0.393 e. The van der Waals surface area contributed by atoms with Gasteiger partial charge in [-0.2, -0.15) is 0 Å². The van der Waals surface area contributed by atoms with Crippen molar-refractivity contribution in [3.63, 3.8) is 0 Å². The molecule has 1 atom stereocenters. The van der Waals surface area contributed by atoms with Gasteiger partial charge in [0.1, 0.15) is 5.82 Å². The van der Waals surface area contributed by atoms with Crippen molar-refractivity contribution in [1.82, 2.24) is 0 Å². The summed E-state index contributed by atoms with van der Waals surface area (Å²) in [6.45, 7) is 3.80. The van der Waals surface area contributed by atoms with Crippen molar-refractivity contribution < 1.29 is 9.50 Å². The number of aryl methyl sites for hydroxylation is 1. The Bertz CT molecular complexity index is 283. The Balaban J connectivity index is 2.77. The quantitative estimate of drug-likeness (QED) is 0.761. The highest BCUT2D eigenvalue weighted by molar-refractivity contribution is 5.27. The monoisotopic (exact) mass is 182 g/mol. The Morgan fingerprint density at radius 3 is 2.69 bits per heavy atom. The Morgan fingerprint density at radius 2 is 2.15 bits per heavy atom. The van der Waals surface area contributed by atoms with Gasteiger partial charge in [0.05, 0.1) is 6.10 Å². The van der Waals surface area contributed by atoms with E-state index in [9.17, 15) is 9.50 Å². The molecule has 0 aliphatic carbocycles. The molecule has 0 fully saturated rings. The standard InChI is InChI=1S/C11H15FO/c1-3-11(13)7-9-4-5-10(12)6-8(9)2/h4-6,11,13H,3,7H2,1-2H3/t11-/m1/s1. The van der Waals surface area contributed by atoms with E-state index in [-0.39, 0.29) is 11.9 Å². The number of benzene rings is 1. The average molecular weight is 182 g/mol. The molecule has 0 saturated carbocycles. The highest BCUT2D eigenvalue weighted by atomic mass is 19.1. The molecule has 1 N–H and O–H groups in total. The minimum atomic E-state index is -0.316. The summed E-state index contributed by atoms with van der Waals surface area (Å²) in [7, 11) is 0. The fourth-order valence-corrected chi connectivity index (χ4v) is 1.29. The molecule has 0 saturated heterocycles. The molecule has 13 heavy (non-hydrogen) atoms. The largest absolute Gasteiger partial charge is 0.393 e. The van der Waals surface area contributed by atoms with Gasteiger partial charge >= 0.3 is 0 Å². The zero-order valence-electron chi connectivity index (χ0n) is 8.05. The van der Waals surface area contributed by atoms with Crippen LogP contribution in [0.15, 0.2) is 18.2 Å². The van der Waals surface area contributed by atoms with Crippen LogP contribution in [-0.4, -0.2) is 11.2 Å². The van der Waals surface area contributed by atoms with Crippen molar-refractivity contribution in [2.24, 2.45) is 0 Å². The highest BCUT2D eigenvalue weighted by Crippen LogP contribution is 2.13. The lowest BCUT2D eigenvalue weighted by molar-refractivity contribution is 0.170. The third-order valence-electron chi connectivity index (χ3n) is 2.23. The molecule has 1 aromatic rings. The second kappa shape index (κ2) is 4.38. The summed E-state index contributed by atoms with van der Waals surface area (Å²) >= 11 is 0. The molecule has 2 heteroatoms. The van der Waals surface area contributed by atoms with Gasteiger partial charge in [-0.25, -0.2) is 4.39 Å². The Labute approximate surface area is 78.2 Å². The van der Waals surface area contributed by atoms with Crippen molar-refractivity contribution in [3.05, 3.63) is 35.1 Å². The lowest BCUT2D eigenvalue weighted by Crippen LogP contribution is -2.09. The van der Waals surface area contributed by atoms with E-state index in [2.05, 4.69) is 0 Å². The summed E-state index contributed by atoms with van der Waals surface area (Å²) in [6.07, 6.45) is 1.03. The van der Waals surface area contributed by atoms with Gasteiger partial charge < -0.3 is 5.11 Å². The molecule has 0 aliphatic heterocycles. The van der Waals surface area contributed by atoms with Crippen LogP contribution in [0.5, 0.6) is 0 Å². The normalized spacial score (nSPS) is 12.9. The van der Waals surface area contributed by atoms with Crippen LogP contribution in [0.4, 0.5) is 4.39 Å². The third-order valence-corrected chi connectivity index (χ3v) is 2.23. The number of hydrogen-bond donors (Lipinski definition) is 1. The first-order valence-corrected chi connectivity index (χ1v) is 4.56. The van der Waals surface area contributed by atoms with E-state index in [1.165, 1.54) is 12.1 Å². The summed E-state index contributed by atoms with van der Waals surface area (Å²) < 4.78 is 12.7. The maximum atomic E-state index is 12.7. The van der Waals surface area contributed by atoms with Crippen molar-refractivity contribution >= 4 is 0 Å². The molecule has 0 bridgehead atoms. The van der Waals surface area contributed by atoms with Crippen LogP contribution in [-0.2, 0) is 6.42 Å². The zero-order chi connectivity index (χ0) is 9.84. The van der Waals surface area contributed by atoms with Crippen LogP contribution >= 0.6 is 0 Å². The van der Waals surface area contributed by atoms with Gasteiger partial charge in [-0.1, -0.05) is 13.0 Å². The lowest BCUT2D eigenvalue weighted by Gasteiger charge is -2.09. The Morgan fingerprint density at radius 1 is 1.46 bits per heavy atom. The number of aliphatic hydroxyl groups excluding tert-OH is 1. The van der Waals surface area contributed by atoms with E-state index >= 15 is 0 Å². The maximum absolute atomic E-state index is 12.7. The molecule has 0 heterocycles. The van der Waals surface area contributed by atoms with Crippen LogP contribution in [0, 0.1) is 12.7 Å². The fourth-order valence-electron chi connectivity index (χ4n) is 1.29. The van der Waals surface area contributed by atoms with Crippen LogP contribution in [0.3, 0.4) is 0 Å². The fraction of sp³-hybridized carbons (Fsp3) is 0.455. The molecule has 0 radical (unpaired) electrons. The number of aliphatic hydroxyl groups is 1. The van der Waals surface area contributed by atoms with Gasteiger partial charge in [-0.3, -0.25) is 0 Å². The topological polar surface area (TPSA) is 20.2 Å². The zero-order valence-corrected chi connectivity index (χ0v) is 8.05. The van der Waals surface area contributed by atoms with E-state index in [0.29, 0.717) is 6.42 Å². The molecule has 0 aliphatic rings. The average Bonchev–Trinajstić information content (AvgIpc) is 2.09. The second-order valence-electron chi connectivity index (χ2n) is 3.34. The Hall–Kier alpha value is -0.890. The van der Waals surface area contributed by atoms with E-state index in [1.807, 2.05) is 13.8 Å². The molecule has 1 rings (SSSR count). The van der Waals surface area contributed by atoms with Crippen LogP contribution in [0.25, 0.3) is 0 Å². The first kappa shape index (κ1) is 10.2. The minimum absolute atomic E-state index is 0.216. The summed E-state index contributed by atoms with van der Waals surface area (Å²) in [5.74, 6) is -0.216. The second-order valence-corrected chi connectivity index (χ2v) is 3.34. The molecular formula is C11H15FO. The molecule has 1 nitrogen and oxygen atoms in total. The molecule has 0 unspecified atom stereocenters. The van der Waals surface area contributed by atoms with Gasteiger partial charge in [-0.05, 0) is 43.0 Å². The SMILES string of the molecule is CC[C@@H](O)Cc1ccc(F)cc1C. The van der Waals surface area contributed by atoms with E-state index in [1.54, 1.807) is 6.07 Å². The molecule has 0 aromatic heterocycles. The predicted octanol–water partition coefficient (Wildman–Crippen LogP) is 2.45. The summed E-state index contributed by atoms with van der Waals surface area (Å²) in [5.41, 5.74) is 1.93. The lowest BCUT2D eigenvalue weighted by atomic mass is 10.0. The van der Waals surface area contributed by atoms with Gasteiger partial charge in [0.25, 0.3) is 0 Å². The van der Waals surface area contributed by atoms with Crippen molar-refractivity contribution in [2.75, 3.05) is 0 Å².